The fraction of sp³-hybridized carbons (Fsp3) is 0.289. The van der Waals surface area contributed by atoms with Crippen molar-refractivity contribution in [1.29, 1.82) is 5.26 Å². The number of hydrogen-bond donors (Lipinski definition) is 1. The first-order chi connectivity index (χ1) is 22.0. The second-order valence-electron chi connectivity index (χ2n) is 10.9. The maximum atomic E-state index is 9.64. The summed E-state index contributed by atoms with van der Waals surface area (Å²) in [5.41, 5.74) is 3.06. The second-order valence-corrected chi connectivity index (χ2v) is 10.9. The molecule has 3 aromatic carbocycles. The SMILES string of the molecule is [C-]#[N+]C1=C(/C=C/c2ccc(N(CCCC)CCCCO)cc2OCc2ccccc2)C(C)(c2ccccc2)O/C1=C(\C#N)[N+]#[C-]. The van der Waals surface area contributed by atoms with E-state index in [4.69, 9.17) is 22.6 Å². The van der Waals surface area contributed by atoms with Crippen LogP contribution >= 0.6 is 0 Å². The van der Waals surface area contributed by atoms with Gasteiger partial charge < -0.3 is 19.5 Å². The molecule has 4 rings (SSSR count). The molecular weight excluding hydrogens is 560 g/mol. The summed E-state index contributed by atoms with van der Waals surface area (Å²) in [4.78, 5) is 9.43. The minimum Gasteiger partial charge on any atom is -0.500 e. The van der Waals surface area contributed by atoms with Crippen molar-refractivity contribution in [2.24, 2.45) is 0 Å². The van der Waals surface area contributed by atoms with Gasteiger partial charge in [-0.15, -0.1) is 0 Å². The van der Waals surface area contributed by atoms with Crippen molar-refractivity contribution in [3.8, 4) is 11.8 Å². The lowest BCUT2D eigenvalue weighted by atomic mass is 9.87. The quantitative estimate of drug-likeness (QED) is 0.115. The molecule has 0 saturated carbocycles. The monoisotopic (exact) mass is 598 g/mol. The van der Waals surface area contributed by atoms with E-state index in [1.165, 1.54) is 0 Å². The van der Waals surface area contributed by atoms with E-state index in [0.29, 0.717) is 17.9 Å². The molecule has 7 nitrogen and oxygen atoms in total. The normalized spacial score (nSPS) is 16.9. The number of aliphatic hydroxyl groups excluding tert-OH is 1. The van der Waals surface area contributed by atoms with Crippen LogP contribution < -0.4 is 9.64 Å². The number of aliphatic hydroxyl groups is 1. The summed E-state index contributed by atoms with van der Waals surface area (Å²) in [6, 6.07) is 27.5. The van der Waals surface area contributed by atoms with Crippen LogP contribution in [0.15, 0.2) is 108 Å². The van der Waals surface area contributed by atoms with E-state index in [9.17, 15) is 10.4 Å². The van der Waals surface area contributed by atoms with Crippen molar-refractivity contribution in [2.75, 3.05) is 24.6 Å². The van der Waals surface area contributed by atoms with Gasteiger partial charge in [0.25, 0.3) is 5.70 Å². The third-order valence-corrected chi connectivity index (χ3v) is 7.81. The van der Waals surface area contributed by atoms with Gasteiger partial charge in [0, 0.05) is 42.6 Å². The van der Waals surface area contributed by atoms with Crippen LogP contribution in [0.3, 0.4) is 0 Å². The zero-order valence-corrected chi connectivity index (χ0v) is 25.9. The zero-order chi connectivity index (χ0) is 32.1. The van der Waals surface area contributed by atoms with Gasteiger partial charge in [-0.05, 0) is 49.4 Å². The molecule has 0 fully saturated rings. The number of allylic oxidation sites excluding steroid dienone is 1. The maximum absolute atomic E-state index is 9.64. The lowest BCUT2D eigenvalue weighted by Gasteiger charge is -2.28. The number of unbranched alkanes of at least 4 members (excludes halogenated alkanes) is 2. The molecule has 3 aromatic rings. The Morgan fingerprint density at radius 2 is 1.71 bits per heavy atom. The summed E-state index contributed by atoms with van der Waals surface area (Å²) in [7, 11) is 0. The number of nitriles is 1. The highest BCUT2D eigenvalue weighted by Crippen LogP contribution is 2.48. The third-order valence-electron chi connectivity index (χ3n) is 7.81. The van der Waals surface area contributed by atoms with Gasteiger partial charge >= 0.3 is 0 Å². The minimum atomic E-state index is -1.09. The average Bonchev–Trinajstić information content (AvgIpc) is 3.37. The van der Waals surface area contributed by atoms with Gasteiger partial charge in [-0.2, -0.15) is 0 Å². The van der Waals surface area contributed by atoms with Crippen molar-refractivity contribution >= 4 is 11.8 Å². The first kappa shape index (κ1) is 32.6. The van der Waals surface area contributed by atoms with Crippen LogP contribution in [-0.2, 0) is 16.9 Å². The Morgan fingerprint density at radius 3 is 2.36 bits per heavy atom. The molecule has 228 valence electrons. The molecule has 1 aliphatic heterocycles. The first-order valence-corrected chi connectivity index (χ1v) is 15.2. The van der Waals surface area contributed by atoms with E-state index in [2.05, 4.69) is 33.6 Å². The fourth-order valence-corrected chi connectivity index (χ4v) is 5.29. The summed E-state index contributed by atoms with van der Waals surface area (Å²) >= 11 is 0. The predicted octanol–water partition coefficient (Wildman–Crippen LogP) is 8.43. The largest absolute Gasteiger partial charge is 0.500 e. The van der Waals surface area contributed by atoms with E-state index in [0.717, 1.165) is 61.2 Å². The minimum absolute atomic E-state index is 0.00107. The number of nitrogens with zero attached hydrogens (tertiary/aromatic N) is 4. The summed E-state index contributed by atoms with van der Waals surface area (Å²) in [5, 5.41) is 19.0. The van der Waals surface area contributed by atoms with Gasteiger partial charge in [0.15, 0.2) is 0 Å². The molecule has 0 radical (unpaired) electrons. The number of hydrogen-bond acceptors (Lipinski definition) is 5. The van der Waals surface area contributed by atoms with Crippen LogP contribution in [0, 0.1) is 24.5 Å². The number of ether oxygens (including phenoxy) is 2. The molecule has 0 amide bonds. The highest BCUT2D eigenvalue weighted by molar-refractivity contribution is 5.68. The zero-order valence-electron chi connectivity index (χ0n) is 25.9. The number of rotatable bonds is 14. The molecule has 45 heavy (non-hydrogen) atoms. The molecule has 1 aliphatic rings. The van der Waals surface area contributed by atoms with E-state index in [-0.39, 0.29) is 23.8 Å². The van der Waals surface area contributed by atoms with Gasteiger partial charge in [-0.25, -0.2) is 15.0 Å². The summed E-state index contributed by atoms with van der Waals surface area (Å²) in [6.07, 6.45) is 7.51. The molecule has 7 heteroatoms. The van der Waals surface area contributed by atoms with Gasteiger partial charge in [-0.3, -0.25) is 0 Å². The highest BCUT2D eigenvalue weighted by Gasteiger charge is 2.43. The van der Waals surface area contributed by atoms with Crippen molar-refractivity contribution in [1.82, 2.24) is 0 Å². The molecule has 0 aliphatic carbocycles. The molecular formula is C38H38N4O3. The Labute approximate surface area is 266 Å². The molecule has 1 atom stereocenters. The average molecular weight is 599 g/mol. The van der Waals surface area contributed by atoms with Crippen molar-refractivity contribution < 1.29 is 14.6 Å². The highest BCUT2D eigenvalue weighted by atomic mass is 16.5. The number of anilines is 1. The maximum Gasteiger partial charge on any atom is 0.292 e. The first-order valence-electron chi connectivity index (χ1n) is 15.2. The molecule has 0 saturated heterocycles. The summed E-state index contributed by atoms with van der Waals surface area (Å²) in [5.74, 6) is 0.690. The topological polar surface area (TPSA) is 74.4 Å². The van der Waals surface area contributed by atoms with E-state index < -0.39 is 5.60 Å². The molecule has 1 N–H and O–H groups in total. The Hall–Kier alpha value is -5.29. The van der Waals surface area contributed by atoms with Crippen LogP contribution in [0.2, 0.25) is 0 Å². The molecule has 1 unspecified atom stereocenters. The number of benzene rings is 3. The van der Waals surface area contributed by atoms with Crippen molar-refractivity contribution in [3.63, 3.8) is 0 Å². The van der Waals surface area contributed by atoms with Crippen molar-refractivity contribution in [2.45, 2.75) is 51.7 Å². The molecule has 1 heterocycles. The van der Waals surface area contributed by atoms with Gasteiger partial charge in [-0.1, -0.05) is 86.2 Å². The Balaban J connectivity index is 1.80. The molecule has 0 bridgehead atoms. The van der Waals surface area contributed by atoms with Gasteiger partial charge in [0.2, 0.25) is 5.70 Å². The third kappa shape index (κ3) is 7.81. The lowest BCUT2D eigenvalue weighted by Crippen LogP contribution is -2.26. The van der Waals surface area contributed by atoms with Gasteiger partial charge in [0.05, 0.1) is 19.2 Å². The van der Waals surface area contributed by atoms with Crippen LogP contribution in [0.1, 0.15) is 56.2 Å². The van der Waals surface area contributed by atoms with Crippen LogP contribution in [0.5, 0.6) is 5.75 Å². The smallest absolute Gasteiger partial charge is 0.292 e. The van der Waals surface area contributed by atoms with E-state index in [1.54, 1.807) is 0 Å². The predicted molar refractivity (Wildman–Crippen MR) is 177 cm³/mol. The molecule has 0 spiro atoms. The van der Waals surface area contributed by atoms with Crippen LogP contribution in [0.4, 0.5) is 5.69 Å². The summed E-state index contributed by atoms with van der Waals surface area (Å²) < 4.78 is 12.7. The Kier molecular flexibility index (Phi) is 11.6. The van der Waals surface area contributed by atoms with E-state index >= 15 is 0 Å². The molecule has 0 aromatic heterocycles. The second kappa shape index (κ2) is 16.0. The summed E-state index contributed by atoms with van der Waals surface area (Å²) in [6.45, 7) is 21.8. The van der Waals surface area contributed by atoms with Crippen molar-refractivity contribution in [3.05, 3.63) is 147 Å². The lowest BCUT2D eigenvalue weighted by molar-refractivity contribution is 0.0753. The Bertz CT molecular complexity index is 1660. The Morgan fingerprint density at radius 1 is 1.00 bits per heavy atom. The van der Waals surface area contributed by atoms with Gasteiger partial charge in [0.1, 0.15) is 23.7 Å². The standard InChI is InChI=1S/C38H38N4O3/c1-5-6-23-42(24-13-14-25-43)32-21-19-30(35(26-32)44-28-29-15-9-7-10-16-29)20-22-33-36(41-4)37(34(27-39)40-3)45-38(33,2)31-17-11-8-12-18-31/h7-12,15-22,26,43H,5-6,13-14,23-25,28H2,1-2H3/b22-20+,37-34+. The van der Waals surface area contributed by atoms with Crippen LogP contribution in [0.25, 0.3) is 15.8 Å². The van der Waals surface area contributed by atoms with Crippen LogP contribution in [-0.4, -0.2) is 24.8 Å². The fourth-order valence-electron chi connectivity index (χ4n) is 5.29. The van der Waals surface area contributed by atoms with E-state index in [1.807, 2.05) is 91.9 Å².